The summed E-state index contributed by atoms with van der Waals surface area (Å²) in [6, 6.07) is 7.00. The Balaban J connectivity index is 2.56. The smallest absolute Gasteiger partial charge is 0.383 e. The first kappa shape index (κ1) is 18.2. The summed E-state index contributed by atoms with van der Waals surface area (Å²) in [6.07, 6.45) is -4.35. The van der Waals surface area contributed by atoms with Crippen molar-refractivity contribution in [2.24, 2.45) is 0 Å². The number of carbonyl (C=O) groups excluding carboxylic acids is 1. The molecule has 0 saturated heterocycles. The van der Waals surface area contributed by atoms with Crippen LogP contribution in [0, 0.1) is 3.57 Å². The molecule has 1 aromatic carbocycles. The van der Waals surface area contributed by atoms with E-state index in [2.05, 4.69) is 27.9 Å². The van der Waals surface area contributed by atoms with E-state index in [4.69, 9.17) is 4.74 Å². The summed E-state index contributed by atoms with van der Waals surface area (Å²) < 4.78 is 43.1. The molecule has 118 valence electrons. The zero-order valence-electron chi connectivity index (χ0n) is 11.4. The van der Waals surface area contributed by atoms with Crippen molar-refractivity contribution in [1.29, 1.82) is 0 Å². The third-order valence-corrected chi connectivity index (χ3v) is 3.23. The van der Waals surface area contributed by atoms with E-state index in [1.54, 1.807) is 24.3 Å². The van der Waals surface area contributed by atoms with E-state index < -0.39 is 18.6 Å². The molecule has 0 bridgehead atoms. The fourth-order valence-corrected chi connectivity index (χ4v) is 1.98. The number of rotatable bonds is 7. The van der Waals surface area contributed by atoms with Gasteiger partial charge in [-0.1, -0.05) is 0 Å². The molecule has 0 aliphatic rings. The molecule has 1 amide bonds. The summed E-state index contributed by atoms with van der Waals surface area (Å²) in [6.45, 7) is -1.31. The minimum Gasteiger partial charge on any atom is -0.383 e. The number of nitrogens with one attached hydrogen (secondary N) is 1. The SMILES string of the molecule is COCCN(CC(=O)Nc1ccc(I)cc1)CC(F)(F)F. The number of halogens is 4. The largest absolute Gasteiger partial charge is 0.401 e. The maximum Gasteiger partial charge on any atom is 0.401 e. The minimum atomic E-state index is -4.35. The number of carbonyl (C=O) groups is 1. The van der Waals surface area contributed by atoms with Gasteiger partial charge in [0.05, 0.1) is 19.7 Å². The molecule has 0 fully saturated rings. The van der Waals surface area contributed by atoms with E-state index in [0.29, 0.717) is 5.69 Å². The van der Waals surface area contributed by atoms with Gasteiger partial charge in [0.25, 0.3) is 0 Å². The number of ether oxygens (including phenoxy) is 1. The van der Waals surface area contributed by atoms with Gasteiger partial charge in [0.15, 0.2) is 0 Å². The molecule has 0 spiro atoms. The van der Waals surface area contributed by atoms with Gasteiger partial charge in [0.2, 0.25) is 5.91 Å². The second-order valence-electron chi connectivity index (χ2n) is 4.37. The summed E-state index contributed by atoms with van der Waals surface area (Å²) in [5, 5.41) is 2.57. The highest BCUT2D eigenvalue weighted by Gasteiger charge is 2.31. The number of alkyl halides is 3. The van der Waals surface area contributed by atoms with Crippen LogP contribution in [0.25, 0.3) is 0 Å². The van der Waals surface area contributed by atoms with Crippen LogP contribution >= 0.6 is 22.6 Å². The highest BCUT2D eigenvalue weighted by atomic mass is 127. The molecule has 8 heteroatoms. The van der Waals surface area contributed by atoms with Crippen molar-refractivity contribution >= 4 is 34.2 Å². The van der Waals surface area contributed by atoms with Gasteiger partial charge < -0.3 is 10.1 Å². The molecule has 4 nitrogen and oxygen atoms in total. The Kier molecular flexibility index (Phi) is 7.40. The highest BCUT2D eigenvalue weighted by molar-refractivity contribution is 14.1. The van der Waals surface area contributed by atoms with Crippen LogP contribution in [-0.2, 0) is 9.53 Å². The lowest BCUT2D eigenvalue weighted by molar-refractivity contribution is -0.149. The van der Waals surface area contributed by atoms with Gasteiger partial charge in [-0.3, -0.25) is 9.69 Å². The Labute approximate surface area is 134 Å². The molecular formula is C13H16F3IN2O2. The molecule has 0 heterocycles. The Bertz CT molecular complexity index is 452. The second-order valence-corrected chi connectivity index (χ2v) is 5.62. The van der Waals surface area contributed by atoms with Crippen LogP contribution in [0.15, 0.2) is 24.3 Å². The molecule has 0 saturated carbocycles. The fourth-order valence-electron chi connectivity index (χ4n) is 1.62. The number of anilines is 1. The van der Waals surface area contributed by atoms with E-state index in [9.17, 15) is 18.0 Å². The number of amides is 1. The Morgan fingerprint density at radius 1 is 1.33 bits per heavy atom. The van der Waals surface area contributed by atoms with Crippen LogP contribution in [0.3, 0.4) is 0 Å². The Morgan fingerprint density at radius 2 is 1.95 bits per heavy atom. The van der Waals surface area contributed by atoms with Crippen LogP contribution < -0.4 is 5.32 Å². The van der Waals surface area contributed by atoms with Crippen molar-refractivity contribution in [1.82, 2.24) is 4.90 Å². The molecular weight excluding hydrogens is 400 g/mol. The van der Waals surface area contributed by atoms with Crippen molar-refractivity contribution in [2.45, 2.75) is 6.18 Å². The molecule has 21 heavy (non-hydrogen) atoms. The molecule has 1 N–H and O–H groups in total. The van der Waals surface area contributed by atoms with Crippen molar-refractivity contribution in [2.75, 3.05) is 38.7 Å². The quantitative estimate of drug-likeness (QED) is 0.696. The number of benzene rings is 1. The first-order chi connectivity index (χ1) is 9.80. The highest BCUT2D eigenvalue weighted by Crippen LogP contribution is 2.16. The van der Waals surface area contributed by atoms with E-state index >= 15 is 0 Å². The first-order valence-corrected chi connectivity index (χ1v) is 7.21. The minimum absolute atomic E-state index is 0.0378. The van der Waals surface area contributed by atoms with E-state index in [-0.39, 0.29) is 19.7 Å². The molecule has 0 aliphatic heterocycles. The predicted molar refractivity (Wildman–Crippen MR) is 82.2 cm³/mol. The topological polar surface area (TPSA) is 41.6 Å². The molecule has 0 unspecified atom stereocenters. The van der Waals surface area contributed by atoms with E-state index in [1.807, 2.05) is 0 Å². The monoisotopic (exact) mass is 416 g/mol. The number of hydrogen-bond acceptors (Lipinski definition) is 3. The van der Waals surface area contributed by atoms with Gasteiger partial charge in [-0.2, -0.15) is 13.2 Å². The fraction of sp³-hybridized carbons (Fsp3) is 0.462. The molecule has 1 aromatic rings. The second kappa shape index (κ2) is 8.54. The number of methoxy groups -OCH3 is 1. The van der Waals surface area contributed by atoms with Gasteiger partial charge in [-0.15, -0.1) is 0 Å². The maximum absolute atomic E-state index is 12.4. The third kappa shape index (κ3) is 8.22. The van der Waals surface area contributed by atoms with Gasteiger partial charge in [0, 0.05) is 22.9 Å². The van der Waals surface area contributed by atoms with E-state index in [0.717, 1.165) is 8.47 Å². The first-order valence-electron chi connectivity index (χ1n) is 6.13. The molecule has 0 aromatic heterocycles. The average Bonchev–Trinajstić information content (AvgIpc) is 2.37. The van der Waals surface area contributed by atoms with Crippen LogP contribution in [0.5, 0.6) is 0 Å². The lowest BCUT2D eigenvalue weighted by Gasteiger charge is -2.22. The zero-order chi connectivity index (χ0) is 15.9. The summed E-state index contributed by atoms with van der Waals surface area (Å²) in [5.41, 5.74) is 0.555. The zero-order valence-corrected chi connectivity index (χ0v) is 13.6. The van der Waals surface area contributed by atoms with Crippen molar-refractivity contribution in [3.8, 4) is 0 Å². The molecule has 0 aliphatic carbocycles. The normalized spacial score (nSPS) is 11.7. The molecule has 1 rings (SSSR count). The lowest BCUT2D eigenvalue weighted by Crippen LogP contribution is -2.41. The lowest BCUT2D eigenvalue weighted by atomic mass is 10.3. The van der Waals surface area contributed by atoms with Gasteiger partial charge in [-0.25, -0.2) is 0 Å². The van der Waals surface area contributed by atoms with Crippen molar-refractivity contribution < 1.29 is 22.7 Å². The Hall–Kier alpha value is -0.870. The number of nitrogens with zero attached hydrogens (tertiary/aromatic N) is 1. The van der Waals surface area contributed by atoms with Gasteiger partial charge >= 0.3 is 6.18 Å². The average molecular weight is 416 g/mol. The summed E-state index contributed by atoms with van der Waals surface area (Å²) >= 11 is 2.12. The summed E-state index contributed by atoms with van der Waals surface area (Å²) in [5.74, 6) is -0.489. The van der Waals surface area contributed by atoms with Crippen LogP contribution in [-0.4, -0.2) is 50.3 Å². The van der Waals surface area contributed by atoms with Gasteiger partial charge in [-0.05, 0) is 46.9 Å². The summed E-state index contributed by atoms with van der Waals surface area (Å²) in [4.78, 5) is 12.8. The summed E-state index contributed by atoms with van der Waals surface area (Å²) in [7, 11) is 1.40. The van der Waals surface area contributed by atoms with Crippen molar-refractivity contribution in [3.05, 3.63) is 27.8 Å². The van der Waals surface area contributed by atoms with Crippen LogP contribution in [0.2, 0.25) is 0 Å². The predicted octanol–water partition coefficient (Wildman–Crippen LogP) is 2.74. The molecule has 0 atom stereocenters. The van der Waals surface area contributed by atoms with Crippen LogP contribution in [0.1, 0.15) is 0 Å². The van der Waals surface area contributed by atoms with Crippen LogP contribution in [0.4, 0.5) is 18.9 Å². The van der Waals surface area contributed by atoms with E-state index in [1.165, 1.54) is 7.11 Å². The standard InChI is InChI=1S/C13H16F3IN2O2/c1-21-7-6-19(9-13(14,15)16)8-12(20)18-11-4-2-10(17)3-5-11/h2-5H,6-9H2,1H3,(H,18,20). The van der Waals surface area contributed by atoms with Crippen molar-refractivity contribution in [3.63, 3.8) is 0 Å². The Morgan fingerprint density at radius 3 is 2.48 bits per heavy atom. The molecule has 0 radical (unpaired) electrons. The number of hydrogen-bond donors (Lipinski definition) is 1. The maximum atomic E-state index is 12.4. The third-order valence-electron chi connectivity index (χ3n) is 2.51. The van der Waals surface area contributed by atoms with Gasteiger partial charge in [0.1, 0.15) is 0 Å².